The van der Waals surface area contributed by atoms with Gasteiger partial charge in [0.1, 0.15) is 18.0 Å². The fourth-order valence-electron chi connectivity index (χ4n) is 2.08. The molecule has 2 atom stereocenters. The summed E-state index contributed by atoms with van der Waals surface area (Å²) < 4.78 is 17.9. The lowest BCUT2D eigenvalue weighted by atomic mass is 10.1. The number of hydrogen-bond acceptors (Lipinski definition) is 3. The van der Waals surface area contributed by atoms with Gasteiger partial charge in [0, 0.05) is 13.0 Å². The number of carbonyl (C=O) groups excluding carboxylic acids is 1. The highest BCUT2D eigenvalue weighted by atomic mass is 19.1. The van der Waals surface area contributed by atoms with Gasteiger partial charge < -0.3 is 4.74 Å². The Morgan fingerprint density at radius 1 is 1.41 bits per heavy atom. The van der Waals surface area contributed by atoms with Crippen molar-refractivity contribution < 1.29 is 13.9 Å². The summed E-state index contributed by atoms with van der Waals surface area (Å²) in [7, 11) is 1.88. The van der Waals surface area contributed by atoms with E-state index in [-0.39, 0.29) is 23.9 Å². The van der Waals surface area contributed by atoms with Crippen LogP contribution in [0.4, 0.5) is 4.39 Å². The van der Waals surface area contributed by atoms with Crippen LogP contribution in [0.25, 0.3) is 0 Å². The maximum atomic E-state index is 12.8. The molecule has 1 aliphatic heterocycles. The van der Waals surface area contributed by atoms with Crippen LogP contribution in [-0.4, -0.2) is 30.1 Å². The summed E-state index contributed by atoms with van der Waals surface area (Å²) in [5, 5.41) is 0. The highest BCUT2D eigenvalue weighted by Crippen LogP contribution is 2.20. The number of halogens is 1. The monoisotopic (exact) mass is 237 g/mol. The van der Waals surface area contributed by atoms with E-state index < -0.39 is 0 Å². The molecule has 0 radical (unpaired) electrons. The number of esters is 1. The Kier molecular flexibility index (Phi) is 3.43. The highest BCUT2D eigenvalue weighted by molar-refractivity contribution is 5.77. The number of benzene rings is 1. The minimum atomic E-state index is -0.245. The second-order valence-electron chi connectivity index (χ2n) is 4.54. The molecule has 0 aromatic heterocycles. The molecule has 0 bridgehead atoms. The average Bonchev–Trinajstić information content (AvgIpc) is 2.61. The van der Waals surface area contributed by atoms with Gasteiger partial charge in [0.05, 0.1) is 0 Å². The van der Waals surface area contributed by atoms with Crippen molar-refractivity contribution in [1.29, 1.82) is 0 Å². The molecule has 1 saturated heterocycles. The summed E-state index contributed by atoms with van der Waals surface area (Å²) in [4.78, 5) is 13.5. The third-order valence-corrected chi connectivity index (χ3v) is 3.02. The van der Waals surface area contributed by atoms with Gasteiger partial charge in [-0.1, -0.05) is 12.1 Å². The summed E-state index contributed by atoms with van der Waals surface area (Å²) >= 11 is 0. The van der Waals surface area contributed by atoms with Crippen LogP contribution < -0.4 is 0 Å². The third-order valence-electron chi connectivity index (χ3n) is 3.02. The first-order chi connectivity index (χ1) is 8.06. The fourth-order valence-corrected chi connectivity index (χ4v) is 2.08. The van der Waals surface area contributed by atoms with Crippen molar-refractivity contribution in [2.45, 2.75) is 32.0 Å². The molecule has 0 unspecified atom stereocenters. The van der Waals surface area contributed by atoms with Crippen LogP contribution in [0.2, 0.25) is 0 Å². The van der Waals surface area contributed by atoms with Crippen molar-refractivity contribution >= 4 is 5.97 Å². The number of likely N-dealkylation sites (N-methyl/N-ethyl adjacent to an activating group) is 1. The van der Waals surface area contributed by atoms with Gasteiger partial charge in [0.15, 0.2) is 0 Å². The summed E-state index contributed by atoms with van der Waals surface area (Å²) in [6, 6.07) is 6.14. The summed E-state index contributed by atoms with van der Waals surface area (Å²) in [5.74, 6) is -0.410. The van der Waals surface area contributed by atoms with Crippen molar-refractivity contribution in [3.05, 3.63) is 35.6 Å². The minimum absolute atomic E-state index is 0.0110. The fraction of sp³-hybridized carbons (Fsp3) is 0.462. The van der Waals surface area contributed by atoms with Crippen molar-refractivity contribution in [2.24, 2.45) is 0 Å². The maximum absolute atomic E-state index is 12.8. The Bertz CT molecular complexity index is 404. The largest absolute Gasteiger partial charge is 0.461 e. The summed E-state index contributed by atoms with van der Waals surface area (Å²) in [6.07, 6.45) is 0.708. The van der Waals surface area contributed by atoms with E-state index in [1.165, 1.54) is 12.1 Å². The molecule has 0 saturated carbocycles. The van der Waals surface area contributed by atoms with E-state index in [9.17, 15) is 9.18 Å². The van der Waals surface area contributed by atoms with Crippen LogP contribution in [0.15, 0.2) is 24.3 Å². The molecule has 0 N–H and O–H groups in total. The zero-order valence-corrected chi connectivity index (χ0v) is 10.0. The van der Waals surface area contributed by atoms with Gasteiger partial charge in [-0.15, -0.1) is 0 Å². The van der Waals surface area contributed by atoms with Crippen molar-refractivity contribution in [1.82, 2.24) is 4.90 Å². The number of hydrogen-bond donors (Lipinski definition) is 0. The molecule has 17 heavy (non-hydrogen) atoms. The number of nitrogens with zero attached hydrogens (tertiary/aromatic N) is 1. The standard InChI is InChI=1S/C13H16FNO2/c1-9-7-12(13(16)17-9)15(2)8-10-3-5-11(14)6-4-10/h3-6,9,12H,7-8H2,1-2H3/t9-,12+/m0/s1. The van der Waals surface area contributed by atoms with Gasteiger partial charge in [-0.3, -0.25) is 9.69 Å². The van der Waals surface area contributed by atoms with Gasteiger partial charge in [-0.05, 0) is 31.7 Å². The number of carbonyl (C=O) groups is 1. The Morgan fingerprint density at radius 3 is 2.59 bits per heavy atom. The first-order valence-electron chi connectivity index (χ1n) is 5.71. The molecule has 1 aromatic carbocycles. The van der Waals surface area contributed by atoms with Gasteiger partial charge >= 0.3 is 5.97 Å². The smallest absolute Gasteiger partial charge is 0.323 e. The first kappa shape index (κ1) is 12.0. The van der Waals surface area contributed by atoms with Crippen LogP contribution in [0.5, 0.6) is 0 Å². The van der Waals surface area contributed by atoms with Crippen molar-refractivity contribution in [3.8, 4) is 0 Å². The molecular weight excluding hydrogens is 221 g/mol. The first-order valence-corrected chi connectivity index (χ1v) is 5.71. The van der Waals surface area contributed by atoms with Gasteiger partial charge in [-0.25, -0.2) is 4.39 Å². The Hall–Kier alpha value is -1.42. The van der Waals surface area contributed by atoms with E-state index in [2.05, 4.69) is 0 Å². The number of rotatable bonds is 3. The normalized spacial score (nSPS) is 24.1. The quantitative estimate of drug-likeness (QED) is 0.753. The third kappa shape index (κ3) is 2.82. The topological polar surface area (TPSA) is 29.5 Å². The van der Waals surface area contributed by atoms with Crippen LogP contribution >= 0.6 is 0 Å². The molecule has 0 spiro atoms. The predicted octanol–water partition coefficient (Wildman–Crippen LogP) is 1.96. The van der Waals surface area contributed by atoms with Gasteiger partial charge in [0.25, 0.3) is 0 Å². The molecule has 1 heterocycles. The second-order valence-corrected chi connectivity index (χ2v) is 4.54. The van der Waals surface area contributed by atoms with Crippen molar-refractivity contribution in [3.63, 3.8) is 0 Å². The average molecular weight is 237 g/mol. The van der Waals surface area contributed by atoms with Gasteiger partial charge in [-0.2, -0.15) is 0 Å². The Morgan fingerprint density at radius 2 is 2.06 bits per heavy atom. The molecule has 1 aliphatic rings. The molecule has 3 nitrogen and oxygen atoms in total. The molecule has 0 aliphatic carbocycles. The van der Waals surface area contributed by atoms with Crippen LogP contribution in [0.1, 0.15) is 18.9 Å². The van der Waals surface area contributed by atoms with Gasteiger partial charge in [0.2, 0.25) is 0 Å². The predicted molar refractivity (Wildman–Crippen MR) is 61.8 cm³/mol. The van der Waals surface area contributed by atoms with Crippen LogP contribution in [0, 0.1) is 5.82 Å². The second kappa shape index (κ2) is 4.84. The molecule has 0 amide bonds. The minimum Gasteiger partial charge on any atom is -0.461 e. The molecule has 4 heteroatoms. The van der Waals surface area contributed by atoms with E-state index in [1.54, 1.807) is 12.1 Å². The molecular formula is C13H16FNO2. The van der Waals surface area contributed by atoms with E-state index in [0.29, 0.717) is 6.54 Å². The number of ether oxygens (including phenoxy) is 1. The molecule has 92 valence electrons. The SMILES string of the molecule is C[C@H]1C[C@@H](N(C)Cc2ccc(F)cc2)C(=O)O1. The summed E-state index contributed by atoms with van der Waals surface area (Å²) in [6.45, 7) is 2.51. The zero-order valence-electron chi connectivity index (χ0n) is 10.0. The lowest BCUT2D eigenvalue weighted by Gasteiger charge is -2.20. The number of cyclic esters (lactones) is 1. The summed E-state index contributed by atoms with van der Waals surface area (Å²) in [5.41, 5.74) is 0.987. The van der Waals surface area contributed by atoms with E-state index in [1.807, 2.05) is 18.9 Å². The van der Waals surface area contributed by atoms with Crippen LogP contribution in [0.3, 0.4) is 0 Å². The van der Waals surface area contributed by atoms with E-state index >= 15 is 0 Å². The van der Waals surface area contributed by atoms with Crippen molar-refractivity contribution in [2.75, 3.05) is 7.05 Å². The molecule has 1 fully saturated rings. The molecule has 2 rings (SSSR count). The maximum Gasteiger partial charge on any atom is 0.323 e. The molecule has 1 aromatic rings. The highest BCUT2D eigenvalue weighted by Gasteiger charge is 2.34. The Balaban J connectivity index is 1.99. The lowest BCUT2D eigenvalue weighted by Crippen LogP contribution is -2.34. The van der Waals surface area contributed by atoms with E-state index in [0.717, 1.165) is 12.0 Å². The lowest BCUT2D eigenvalue weighted by molar-refractivity contribution is -0.144. The van der Waals surface area contributed by atoms with E-state index in [4.69, 9.17) is 4.74 Å². The zero-order chi connectivity index (χ0) is 12.4. The van der Waals surface area contributed by atoms with Crippen LogP contribution in [-0.2, 0) is 16.1 Å². The Labute approximate surface area is 100 Å².